The number of non-ortho nitro benzene ring substituents is 1. The third-order valence-electron chi connectivity index (χ3n) is 2.57. The van der Waals surface area contributed by atoms with Gasteiger partial charge in [-0.15, -0.1) is 0 Å². The normalized spacial score (nSPS) is 10.3. The van der Waals surface area contributed by atoms with E-state index in [0.29, 0.717) is 12.1 Å². The Morgan fingerprint density at radius 1 is 0.864 bits per heavy atom. The van der Waals surface area contributed by atoms with Crippen LogP contribution in [0.5, 0.6) is 11.5 Å². The number of halogens is 3. The van der Waals surface area contributed by atoms with Crippen LogP contribution in [0, 0.1) is 37.7 Å². The van der Waals surface area contributed by atoms with E-state index in [0.717, 1.165) is 18.2 Å². The maximum atomic E-state index is 13.5. The molecule has 2 rings (SSSR count). The van der Waals surface area contributed by atoms with Crippen LogP contribution in [-0.2, 0) is 0 Å². The van der Waals surface area contributed by atoms with Crippen LogP contribution in [0.25, 0.3) is 0 Å². The topological polar surface area (TPSA) is 95.5 Å². The molecule has 0 saturated carbocycles. The van der Waals surface area contributed by atoms with Crippen LogP contribution in [0.1, 0.15) is 0 Å². The molecule has 2 aromatic carbocycles. The average Bonchev–Trinajstić information content (AvgIpc) is 2.47. The van der Waals surface area contributed by atoms with Gasteiger partial charge in [0.05, 0.1) is 15.9 Å². The minimum Gasteiger partial charge on any atom is -0.447 e. The lowest BCUT2D eigenvalue weighted by Gasteiger charge is -2.07. The number of hydrogen-bond acceptors (Lipinski definition) is 5. The number of nitro benzene ring substituents is 2. The van der Waals surface area contributed by atoms with Gasteiger partial charge in [-0.2, -0.15) is 4.39 Å². The second-order valence-electron chi connectivity index (χ2n) is 3.94. The van der Waals surface area contributed by atoms with Crippen LogP contribution in [-0.4, -0.2) is 9.85 Å². The minimum atomic E-state index is -1.80. The third kappa shape index (κ3) is 2.80. The molecule has 10 heteroatoms. The number of hydrogen-bond donors (Lipinski definition) is 0. The Labute approximate surface area is 119 Å². The van der Waals surface area contributed by atoms with E-state index in [2.05, 4.69) is 0 Å². The van der Waals surface area contributed by atoms with Gasteiger partial charge >= 0.3 is 5.69 Å². The molecule has 0 aliphatic carbocycles. The summed E-state index contributed by atoms with van der Waals surface area (Å²) < 4.78 is 44.2. The van der Waals surface area contributed by atoms with Gasteiger partial charge < -0.3 is 4.74 Å². The Hall–Kier alpha value is -3.17. The van der Waals surface area contributed by atoms with E-state index >= 15 is 0 Å². The molecule has 0 unspecified atom stereocenters. The van der Waals surface area contributed by atoms with Crippen LogP contribution >= 0.6 is 0 Å². The number of rotatable bonds is 4. The molecule has 0 spiro atoms. The maximum Gasteiger partial charge on any atom is 0.318 e. The van der Waals surface area contributed by atoms with E-state index in [1.54, 1.807) is 0 Å². The first-order valence-electron chi connectivity index (χ1n) is 5.55. The summed E-state index contributed by atoms with van der Waals surface area (Å²) in [6, 6.07) is 3.66. The Kier molecular flexibility index (Phi) is 3.93. The van der Waals surface area contributed by atoms with Gasteiger partial charge in [0.25, 0.3) is 5.69 Å². The molecule has 0 heterocycles. The van der Waals surface area contributed by atoms with E-state index < -0.39 is 50.2 Å². The summed E-state index contributed by atoms with van der Waals surface area (Å²) in [4.78, 5) is 19.6. The van der Waals surface area contributed by atoms with Gasteiger partial charge in [-0.05, 0) is 18.2 Å². The van der Waals surface area contributed by atoms with Crippen LogP contribution in [0.4, 0.5) is 24.5 Å². The van der Waals surface area contributed by atoms with Crippen molar-refractivity contribution >= 4 is 11.4 Å². The molecule has 0 aliphatic rings. The highest BCUT2D eigenvalue weighted by molar-refractivity contribution is 5.54. The van der Waals surface area contributed by atoms with E-state index in [1.165, 1.54) is 0 Å². The molecule has 0 bridgehead atoms. The lowest BCUT2D eigenvalue weighted by atomic mass is 10.2. The van der Waals surface area contributed by atoms with Crippen LogP contribution in [0.15, 0.2) is 30.3 Å². The SMILES string of the molecule is O=[N+]([O-])c1ccc(Oc2ccc(F)c(F)c2F)c([N+](=O)[O-])c1. The minimum absolute atomic E-state index is 0.555. The summed E-state index contributed by atoms with van der Waals surface area (Å²) in [6.07, 6.45) is 0. The molecule has 7 nitrogen and oxygen atoms in total. The summed E-state index contributed by atoms with van der Waals surface area (Å²) in [5.41, 5.74) is -1.40. The van der Waals surface area contributed by atoms with Crippen molar-refractivity contribution in [3.05, 3.63) is 68.0 Å². The highest BCUT2D eigenvalue weighted by atomic mass is 19.2. The van der Waals surface area contributed by atoms with Gasteiger partial charge in [0, 0.05) is 6.07 Å². The van der Waals surface area contributed by atoms with Crippen LogP contribution in [0.2, 0.25) is 0 Å². The lowest BCUT2D eigenvalue weighted by Crippen LogP contribution is -1.99. The van der Waals surface area contributed by atoms with Crippen molar-refractivity contribution < 1.29 is 27.8 Å². The number of nitrogens with zero attached hydrogens (tertiary/aromatic N) is 2. The molecular weight excluding hydrogens is 309 g/mol. The average molecular weight is 314 g/mol. The summed E-state index contributed by atoms with van der Waals surface area (Å²) in [5.74, 6) is -6.28. The van der Waals surface area contributed by atoms with Crippen LogP contribution in [0.3, 0.4) is 0 Å². The molecule has 22 heavy (non-hydrogen) atoms. The van der Waals surface area contributed by atoms with Gasteiger partial charge in [0.2, 0.25) is 11.6 Å². The third-order valence-corrected chi connectivity index (χ3v) is 2.57. The van der Waals surface area contributed by atoms with E-state index in [-0.39, 0.29) is 0 Å². The predicted molar refractivity (Wildman–Crippen MR) is 66.1 cm³/mol. The van der Waals surface area contributed by atoms with Gasteiger partial charge in [-0.25, -0.2) is 8.78 Å². The number of ether oxygens (including phenoxy) is 1. The van der Waals surface area contributed by atoms with E-state index in [9.17, 15) is 33.4 Å². The molecule has 0 aliphatic heterocycles. The Balaban J connectivity index is 2.48. The molecular formula is C12H5F3N2O5. The first kappa shape index (κ1) is 15.2. The molecule has 0 aromatic heterocycles. The van der Waals surface area contributed by atoms with Crippen molar-refractivity contribution in [2.24, 2.45) is 0 Å². The molecule has 114 valence electrons. The van der Waals surface area contributed by atoms with E-state index in [4.69, 9.17) is 4.74 Å². The zero-order chi connectivity index (χ0) is 16.4. The monoisotopic (exact) mass is 314 g/mol. The Bertz CT molecular complexity index is 782. The molecule has 0 amide bonds. The fourth-order valence-electron chi connectivity index (χ4n) is 1.55. The van der Waals surface area contributed by atoms with Crippen molar-refractivity contribution in [1.82, 2.24) is 0 Å². The molecule has 0 N–H and O–H groups in total. The summed E-state index contributed by atoms with van der Waals surface area (Å²) in [6.45, 7) is 0. The Morgan fingerprint density at radius 2 is 1.50 bits per heavy atom. The highest BCUT2D eigenvalue weighted by Crippen LogP contribution is 2.35. The van der Waals surface area contributed by atoms with Gasteiger partial charge in [0.15, 0.2) is 17.4 Å². The highest BCUT2D eigenvalue weighted by Gasteiger charge is 2.23. The van der Waals surface area contributed by atoms with Gasteiger partial charge in [-0.1, -0.05) is 0 Å². The molecule has 0 radical (unpaired) electrons. The first-order valence-corrected chi connectivity index (χ1v) is 5.55. The zero-order valence-corrected chi connectivity index (χ0v) is 10.5. The van der Waals surface area contributed by atoms with Crippen molar-refractivity contribution in [1.29, 1.82) is 0 Å². The maximum absolute atomic E-state index is 13.5. The molecule has 0 fully saturated rings. The smallest absolute Gasteiger partial charge is 0.318 e. The van der Waals surface area contributed by atoms with Crippen molar-refractivity contribution in [2.45, 2.75) is 0 Å². The summed E-state index contributed by atoms with van der Waals surface area (Å²) in [7, 11) is 0. The first-order chi connectivity index (χ1) is 10.3. The second-order valence-corrected chi connectivity index (χ2v) is 3.94. The fourth-order valence-corrected chi connectivity index (χ4v) is 1.55. The lowest BCUT2D eigenvalue weighted by molar-refractivity contribution is -0.394. The van der Waals surface area contributed by atoms with Crippen molar-refractivity contribution in [3.63, 3.8) is 0 Å². The number of nitro groups is 2. The Morgan fingerprint density at radius 3 is 2.09 bits per heavy atom. The molecule has 2 aromatic rings. The standard InChI is InChI=1S/C12H5F3N2O5/c13-7-2-4-10(12(15)11(7)14)22-9-3-1-6(16(18)19)5-8(9)17(20)21/h1-5H. The van der Waals surface area contributed by atoms with Crippen LogP contribution < -0.4 is 4.74 Å². The molecule has 0 atom stereocenters. The summed E-state index contributed by atoms with van der Waals surface area (Å²) >= 11 is 0. The quantitative estimate of drug-likeness (QED) is 0.487. The largest absolute Gasteiger partial charge is 0.447 e. The number of benzene rings is 2. The van der Waals surface area contributed by atoms with Crippen molar-refractivity contribution in [2.75, 3.05) is 0 Å². The van der Waals surface area contributed by atoms with Gasteiger partial charge in [-0.3, -0.25) is 20.2 Å². The fraction of sp³-hybridized carbons (Fsp3) is 0. The van der Waals surface area contributed by atoms with Gasteiger partial charge in [0.1, 0.15) is 0 Å². The zero-order valence-electron chi connectivity index (χ0n) is 10.5. The summed E-state index contributed by atoms with van der Waals surface area (Å²) in [5, 5.41) is 21.4. The van der Waals surface area contributed by atoms with Crippen molar-refractivity contribution in [3.8, 4) is 11.5 Å². The van der Waals surface area contributed by atoms with E-state index in [1.807, 2.05) is 0 Å². The second kappa shape index (κ2) is 5.68. The predicted octanol–water partition coefficient (Wildman–Crippen LogP) is 3.71. The molecule has 0 saturated heterocycles.